The van der Waals surface area contributed by atoms with E-state index in [1.54, 1.807) is 0 Å². The van der Waals surface area contributed by atoms with E-state index in [1.165, 1.54) is 11.0 Å². The summed E-state index contributed by atoms with van der Waals surface area (Å²) in [6.07, 6.45) is 1.33. The van der Waals surface area contributed by atoms with Crippen LogP contribution in [-0.2, 0) is 0 Å². The van der Waals surface area contributed by atoms with Crippen molar-refractivity contribution in [2.45, 2.75) is 0 Å². The second kappa shape index (κ2) is 1.29. The van der Waals surface area contributed by atoms with Crippen molar-refractivity contribution >= 4 is 6.34 Å². The molecule has 1 rings (SSSR count). The average Bonchev–Trinajstić information content (AvgIpc) is 1.87. The Labute approximate surface area is 40.8 Å². The molecule has 4 heteroatoms. The van der Waals surface area contributed by atoms with Crippen LogP contribution in [0, 0.1) is 4.91 Å². The minimum atomic E-state index is 0.497. The van der Waals surface area contributed by atoms with Crippen LogP contribution in [0.25, 0.3) is 0 Å². The van der Waals surface area contributed by atoms with Crippen LogP contribution in [0.4, 0.5) is 0 Å². The number of hydrogen-bond acceptors (Lipinski definition) is 2. The zero-order chi connectivity index (χ0) is 5.28. The van der Waals surface area contributed by atoms with Gasteiger partial charge < -0.3 is 0 Å². The van der Waals surface area contributed by atoms with Gasteiger partial charge in [-0.1, -0.05) is 4.68 Å². The quantitative estimate of drug-likeness (QED) is 0.304. The minimum Gasteiger partial charge on any atom is -0.205 e. The van der Waals surface area contributed by atoms with E-state index >= 15 is 0 Å². The van der Waals surface area contributed by atoms with Gasteiger partial charge >= 0.3 is 6.34 Å². The third-order valence-electron chi connectivity index (χ3n) is 0.856. The summed E-state index contributed by atoms with van der Waals surface area (Å²) in [6.45, 7) is 1.14. The minimum absolute atomic E-state index is 0.497. The predicted octanol–water partition coefficient (Wildman–Crippen LogP) is -1.31. The van der Waals surface area contributed by atoms with Crippen molar-refractivity contribution in [1.82, 2.24) is 0 Å². The molecule has 0 aromatic heterocycles. The molecule has 0 unspecified atom stereocenters. The highest BCUT2D eigenvalue weighted by atomic mass is 16.3. The van der Waals surface area contributed by atoms with Gasteiger partial charge in [-0.05, 0) is 0 Å². The van der Waals surface area contributed by atoms with Crippen molar-refractivity contribution in [3.63, 3.8) is 0 Å². The fraction of sp³-hybridized carbons (Fsp3) is 0.667. The van der Waals surface area contributed by atoms with Crippen LogP contribution in [0.3, 0.4) is 0 Å². The van der Waals surface area contributed by atoms with Gasteiger partial charge in [0.15, 0.2) is 0 Å². The normalized spacial score (nSPS) is 20.0. The maximum absolute atomic E-state index is 10.2. The van der Waals surface area contributed by atoms with E-state index in [0.717, 1.165) is 4.76 Å². The fourth-order valence-corrected chi connectivity index (χ4v) is 0.495. The smallest absolute Gasteiger partial charge is 0.205 e. The van der Waals surface area contributed by atoms with Crippen molar-refractivity contribution in [3.8, 4) is 0 Å². The summed E-state index contributed by atoms with van der Waals surface area (Å²) in [7, 11) is 0. The molecule has 0 saturated heterocycles. The second-order valence-electron chi connectivity index (χ2n) is 1.49. The van der Waals surface area contributed by atoms with Crippen molar-refractivity contribution < 1.29 is 9.44 Å². The number of nitrogens with zero attached hydrogens (tertiary/aromatic N) is 2. The highest BCUT2D eigenvalue weighted by Gasteiger charge is 2.22. The van der Waals surface area contributed by atoms with E-state index in [-0.39, 0.29) is 0 Å². The first-order chi connectivity index (χ1) is 3.29. The van der Waals surface area contributed by atoms with Crippen LogP contribution in [0.1, 0.15) is 0 Å². The van der Waals surface area contributed by atoms with Crippen molar-refractivity contribution in [2.75, 3.05) is 13.1 Å². The monoisotopic (exact) mass is 101 g/mol. The van der Waals surface area contributed by atoms with Crippen LogP contribution in [0.15, 0.2) is 0 Å². The first-order valence-corrected chi connectivity index (χ1v) is 2.09. The van der Waals surface area contributed by atoms with Gasteiger partial charge in [-0.3, -0.25) is 0 Å². The van der Waals surface area contributed by atoms with Crippen LogP contribution in [0.2, 0.25) is 0 Å². The lowest BCUT2D eigenvalue weighted by atomic mass is 10.7. The third kappa shape index (κ3) is 0.734. The van der Waals surface area contributed by atoms with Crippen molar-refractivity contribution in [3.05, 3.63) is 4.91 Å². The summed E-state index contributed by atoms with van der Waals surface area (Å²) in [5, 5.41) is 0. The first-order valence-electron chi connectivity index (χ1n) is 2.09. The van der Waals surface area contributed by atoms with Crippen molar-refractivity contribution in [2.24, 2.45) is 5.84 Å². The standard InChI is InChI=1S/C3H7N3O/c4-5-1-2-6(7)3-5/h3H,1-2,4H2/q+2. The molecular weight excluding hydrogens is 94.1 g/mol. The van der Waals surface area contributed by atoms with Crippen LogP contribution < -0.4 is 5.84 Å². The lowest BCUT2D eigenvalue weighted by Crippen LogP contribution is -2.17. The van der Waals surface area contributed by atoms with Gasteiger partial charge in [-0.15, -0.1) is 0 Å². The fourth-order valence-electron chi connectivity index (χ4n) is 0.495. The highest BCUT2D eigenvalue weighted by molar-refractivity contribution is 5.36. The van der Waals surface area contributed by atoms with E-state index in [4.69, 9.17) is 5.84 Å². The molecule has 1 heterocycles. The average molecular weight is 101 g/mol. The van der Waals surface area contributed by atoms with Gasteiger partial charge in [-0.25, -0.2) is 5.84 Å². The van der Waals surface area contributed by atoms with E-state index in [1.807, 2.05) is 0 Å². The molecule has 0 amide bonds. The molecular formula is C3H7N3O+2. The Morgan fingerprint density at radius 1 is 1.57 bits per heavy atom. The van der Waals surface area contributed by atoms with E-state index in [9.17, 15) is 4.91 Å². The summed E-state index contributed by atoms with van der Waals surface area (Å²) >= 11 is 0. The molecule has 0 aromatic rings. The number of hydrazine groups is 1. The molecule has 0 radical (unpaired) electrons. The Balaban J connectivity index is 2.67. The SMILES string of the molecule is N[N+]1=C[N+](=O)CC1. The van der Waals surface area contributed by atoms with Gasteiger partial charge in [0.05, 0.1) is 0 Å². The number of nitrogens with two attached hydrogens (primary N) is 1. The van der Waals surface area contributed by atoms with Crippen molar-refractivity contribution in [1.29, 1.82) is 0 Å². The second-order valence-corrected chi connectivity index (χ2v) is 1.49. The largest absolute Gasteiger partial charge is 0.476 e. The zero-order valence-electron chi connectivity index (χ0n) is 3.87. The number of hydrogen-bond donors (Lipinski definition) is 1. The molecule has 0 spiro atoms. The Morgan fingerprint density at radius 3 is 2.43 bits per heavy atom. The number of nitroso groups, excluding NO2 is 1. The first kappa shape index (κ1) is 4.23. The van der Waals surface area contributed by atoms with E-state index in [2.05, 4.69) is 0 Å². The Kier molecular flexibility index (Phi) is 0.780. The third-order valence-corrected chi connectivity index (χ3v) is 0.856. The van der Waals surface area contributed by atoms with Crippen LogP contribution >= 0.6 is 0 Å². The summed E-state index contributed by atoms with van der Waals surface area (Å²) in [6, 6.07) is 0. The van der Waals surface area contributed by atoms with E-state index < -0.39 is 0 Å². The van der Waals surface area contributed by atoms with E-state index in [0.29, 0.717) is 13.1 Å². The van der Waals surface area contributed by atoms with Gasteiger partial charge in [-0.2, -0.15) is 0 Å². The maximum atomic E-state index is 10.2. The lowest BCUT2D eigenvalue weighted by Gasteiger charge is -1.68. The molecule has 38 valence electrons. The molecule has 0 atom stereocenters. The Hall–Kier alpha value is -0.930. The molecule has 7 heavy (non-hydrogen) atoms. The lowest BCUT2D eigenvalue weighted by molar-refractivity contribution is -0.528. The molecule has 0 fully saturated rings. The Morgan fingerprint density at radius 2 is 2.29 bits per heavy atom. The Bertz CT molecular complexity index is 128. The van der Waals surface area contributed by atoms with Gasteiger partial charge in [0.2, 0.25) is 6.54 Å². The van der Waals surface area contributed by atoms with Crippen LogP contribution in [0.5, 0.6) is 0 Å². The maximum Gasteiger partial charge on any atom is 0.476 e. The highest BCUT2D eigenvalue weighted by Crippen LogP contribution is 1.76. The molecule has 4 nitrogen and oxygen atoms in total. The molecule has 1 aliphatic rings. The van der Waals surface area contributed by atoms with Crippen LogP contribution in [-0.4, -0.2) is 28.9 Å². The molecule has 0 saturated carbocycles. The van der Waals surface area contributed by atoms with Gasteiger partial charge in [0, 0.05) is 4.91 Å². The topological polar surface area (TPSA) is 49.1 Å². The number of hydrazone groups is 1. The van der Waals surface area contributed by atoms with Gasteiger partial charge in [0.25, 0.3) is 6.54 Å². The molecule has 0 bridgehead atoms. The molecule has 1 aliphatic heterocycles. The summed E-state index contributed by atoms with van der Waals surface area (Å²) < 4.78 is 2.17. The predicted molar refractivity (Wildman–Crippen MR) is 23.9 cm³/mol. The zero-order valence-corrected chi connectivity index (χ0v) is 3.87. The molecule has 2 N–H and O–H groups in total. The summed E-state index contributed by atoms with van der Waals surface area (Å²) in [4.78, 5) is 10.2. The number of rotatable bonds is 0. The molecule has 0 aliphatic carbocycles. The summed E-state index contributed by atoms with van der Waals surface area (Å²) in [5.74, 6) is 5.16. The molecule has 0 aromatic carbocycles. The summed E-state index contributed by atoms with van der Waals surface area (Å²) in [5.41, 5.74) is 0. The van der Waals surface area contributed by atoms with Gasteiger partial charge in [0.1, 0.15) is 4.76 Å².